The largest absolute Gasteiger partial charge is 0.451 e. The fraction of sp³-hybridized carbons (Fsp3) is 0.800. The summed E-state index contributed by atoms with van der Waals surface area (Å²) in [5.74, 6) is -5.51. The predicted molar refractivity (Wildman–Crippen MR) is 26.8 cm³/mol. The Morgan fingerprint density at radius 3 is 2.36 bits per heavy atom. The summed E-state index contributed by atoms with van der Waals surface area (Å²) >= 11 is 0. The number of carbonyl (C=O) groups is 1. The van der Waals surface area contributed by atoms with Gasteiger partial charge in [0.15, 0.2) is 6.10 Å². The maximum atomic E-state index is 12.4. The number of aliphatic hydroxyl groups is 1. The summed E-state index contributed by atoms with van der Waals surface area (Å²) in [6.45, 7) is -1.07. The minimum absolute atomic E-state index is 1.07. The molecule has 0 aromatic carbocycles. The van der Waals surface area contributed by atoms with Gasteiger partial charge in [-0.25, -0.2) is 9.18 Å². The van der Waals surface area contributed by atoms with Gasteiger partial charge in [0.2, 0.25) is 0 Å². The van der Waals surface area contributed by atoms with Crippen LogP contribution in [0.3, 0.4) is 0 Å². The number of cyclic esters (lactones) is 1. The summed E-state index contributed by atoms with van der Waals surface area (Å²) < 4.78 is 40.8. The van der Waals surface area contributed by atoms with Gasteiger partial charge in [0.25, 0.3) is 6.17 Å². The number of carbonyl (C=O) groups excluding carboxylic acids is 1. The minimum atomic E-state index is -3.90. The molecule has 1 saturated heterocycles. The molecular formula is C5H5F3O3. The lowest BCUT2D eigenvalue weighted by molar-refractivity contribution is -0.146. The highest BCUT2D eigenvalue weighted by molar-refractivity contribution is 5.78. The Kier molecular flexibility index (Phi) is 1.79. The van der Waals surface area contributed by atoms with Crippen LogP contribution in [0.5, 0.6) is 0 Å². The zero-order valence-corrected chi connectivity index (χ0v) is 5.26. The van der Waals surface area contributed by atoms with Crippen LogP contribution in [-0.2, 0) is 9.53 Å². The molecule has 1 aliphatic heterocycles. The molecule has 0 aliphatic carbocycles. The number of rotatable bonds is 1. The highest BCUT2D eigenvalue weighted by Crippen LogP contribution is 2.34. The molecule has 1 N–H and O–H groups in total. The highest BCUT2D eigenvalue weighted by Gasteiger charge is 2.60. The van der Waals surface area contributed by atoms with Gasteiger partial charge in [0.1, 0.15) is 0 Å². The van der Waals surface area contributed by atoms with Crippen LogP contribution in [0.2, 0.25) is 0 Å². The van der Waals surface area contributed by atoms with Gasteiger partial charge in [-0.15, -0.1) is 0 Å². The van der Waals surface area contributed by atoms with E-state index in [2.05, 4.69) is 4.74 Å². The average molecular weight is 170 g/mol. The van der Waals surface area contributed by atoms with Crippen LogP contribution < -0.4 is 0 Å². The van der Waals surface area contributed by atoms with E-state index in [-0.39, 0.29) is 0 Å². The Labute approximate surface area is 59.8 Å². The molecule has 2 atom stereocenters. The van der Waals surface area contributed by atoms with Crippen molar-refractivity contribution in [2.24, 2.45) is 0 Å². The molecule has 3 nitrogen and oxygen atoms in total. The number of halogens is 3. The SMILES string of the molecule is O=C1OC(CO)C(F)(F)C1F. The standard InChI is InChI=1S/C5H5F3O3/c6-3-4(10)11-2(1-9)5(3,7)8/h2-3,9H,1H2. The van der Waals surface area contributed by atoms with E-state index in [0.717, 1.165) is 0 Å². The highest BCUT2D eigenvalue weighted by atomic mass is 19.3. The molecule has 1 fully saturated rings. The summed E-state index contributed by atoms with van der Waals surface area (Å²) in [6.07, 6.45) is -4.98. The molecular weight excluding hydrogens is 165 g/mol. The molecule has 0 aromatic rings. The molecule has 1 rings (SSSR count). The molecule has 0 aromatic heterocycles. The number of aliphatic hydroxyl groups excluding tert-OH is 1. The Balaban J connectivity index is 2.82. The van der Waals surface area contributed by atoms with Crippen molar-refractivity contribution >= 4 is 5.97 Å². The maximum absolute atomic E-state index is 12.4. The molecule has 1 aliphatic rings. The first kappa shape index (κ1) is 8.32. The second-order valence-electron chi connectivity index (χ2n) is 2.15. The molecule has 2 unspecified atom stereocenters. The van der Waals surface area contributed by atoms with Crippen molar-refractivity contribution in [3.8, 4) is 0 Å². The molecule has 64 valence electrons. The lowest BCUT2D eigenvalue weighted by Crippen LogP contribution is -2.38. The van der Waals surface area contributed by atoms with E-state index in [0.29, 0.717) is 0 Å². The van der Waals surface area contributed by atoms with E-state index in [4.69, 9.17) is 5.11 Å². The fourth-order valence-corrected chi connectivity index (χ4v) is 0.758. The van der Waals surface area contributed by atoms with Crippen molar-refractivity contribution in [1.82, 2.24) is 0 Å². The number of ether oxygens (including phenoxy) is 1. The molecule has 0 amide bonds. The summed E-state index contributed by atoms with van der Waals surface area (Å²) in [4.78, 5) is 10.2. The van der Waals surface area contributed by atoms with Crippen LogP contribution in [0.1, 0.15) is 0 Å². The monoisotopic (exact) mass is 170 g/mol. The first-order valence-corrected chi connectivity index (χ1v) is 2.83. The van der Waals surface area contributed by atoms with Crippen molar-refractivity contribution in [3.63, 3.8) is 0 Å². The second kappa shape index (κ2) is 2.37. The Bertz CT molecular complexity index is 182. The van der Waals surface area contributed by atoms with Gasteiger partial charge in [0, 0.05) is 0 Å². The summed E-state index contributed by atoms with van der Waals surface area (Å²) in [5, 5.41) is 8.21. The zero-order chi connectivity index (χ0) is 8.65. The number of alkyl halides is 3. The van der Waals surface area contributed by atoms with Gasteiger partial charge in [-0.05, 0) is 0 Å². The van der Waals surface area contributed by atoms with E-state index in [9.17, 15) is 18.0 Å². The van der Waals surface area contributed by atoms with Gasteiger partial charge in [-0.2, -0.15) is 8.78 Å². The Hall–Kier alpha value is -0.780. The molecule has 11 heavy (non-hydrogen) atoms. The number of esters is 1. The zero-order valence-electron chi connectivity index (χ0n) is 5.26. The Morgan fingerprint density at radius 1 is 1.64 bits per heavy atom. The second-order valence-corrected chi connectivity index (χ2v) is 2.15. The third kappa shape index (κ3) is 1.07. The molecule has 0 spiro atoms. The van der Waals surface area contributed by atoms with Gasteiger partial charge in [-0.3, -0.25) is 0 Å². The van der Waals surface area contributed by atoms with E-state index in [1.807, 2.05) is 0 Å². The van der Waals surface area contributed by atoms with E-state index >= 15 is 0 Å². The third-order valence-electron chi connectivity index (χ3n) is 1.40. The molecule has 6 heteroatoms. The van der Waals surface area contributed by atoms with E-state index in [1.54, 1.807) is 0 Å². The first-order chi connectivity index (χ1) is 5.00. The van der Waals surface area contributed by atoms with Crippen LogP contribution in [0, 0.1) is 0 Å². The van der Waals surface area contributed by atoms with Crippen LogP contribution in [-0.4, -0.2) is 35.9 Å². The van der Waals surface area contributed by atoms with E-state index < -0.39 is 30.8 Å². The average Bonchev–Trinajstić information content (AvgIpc) is 2.13. The van der Waals surface area contributed by atoms with Crippen molar-refractivity contribution in [3.05, 3.63) is 0 Å². The van der Waals surface area contributed by atoms with Crippen LogP contribution in [0.4, 0.5) is 13.2 Å². The van der Waals surface area contributed by atoms with Crippen LogP contribution in [0.25, 0.3) is 0 Å². The molecule has 1 heterocycles. The van der Waals surface area contributed by atoms with Gasteiger partial charge in [-0.1, -0.05) is 0 Å². The van der Waals surface area contributed by atoms with Crippen molar-refractivity contribution < 1.29 is 27.8 Å². The first-order valence-electron chi connectivity index (χ1n) is 2.83. The van der Waals surface area contributed by atoms with Crippen molar-refractivity contribution in [1.29, 1.82) is 0 Å². The van der Waals surface area contributed by atoms with Crippen molar-refractivity contribution in [2.75, 3.05) is 6.61 Å². The predicted octanol–water partition coefficient (Wildman–Crippen LogP) is -0.123. The van der Waals surface area contributed by atoms with Gasteiger partial charge < -0.3 is 9.84 Å². The van der Waals surface area contributed by atoms with E-state index in [1.165, 1.54) is 0 Å². The molecule has 0 bridgehead atoms. The fourth-order valence-electron chi connectivity index (χ4n) is 0.758. The summed E-state index contributed by atoms with van der Waals surface area (Å²) in [5.41, 5.74) is 0. The number of hydrogen-bond acceptors (Lipinski definition) is 3. The lowest BCUT2D eigenvalue weighted by atomic mass is 10.1. The normalized spacial score (nSPS) is 35.5. The minimum Gasteiger partial charge on any atom is -0.451 e. The van der Waals surface area contributed by atoms with Crippen molar-refractivity contribution in [2.45, 2.75) is 18.2 Å². The summed E-state index contributed by atoms with van der Waals surface area (Å²) in [7, 11) is 0. The third-order valence-corrected chi connectivity index (χ3v) is 1.40. The number of hydrogen-bond donors (Lipinski definition) is 1. The maximum Gasteiger partial charge on any atom is 0.347 e. The Morgan fingerprint density at radius 2 is 2.18 bits per heavy atom. The topological polar surface area (TPSA) is 46.5 Å². The van der Waals surface area contributed by atoms with Gasteiger partial charge >= 0.3 is 11.9 Å². The van der Waals surface area contributed by atoms with Gasteiger partial charge in [0.05, 0.1) is 6.61 Å². The lowest BCUT2D eigenvalue weighted by Gasteiger charge is -2.13. The smallest absolute Gasteiger partial charge is 0.347 e. The molecule has 0 saturated carbocycles. The quantitative estimate of drug-likeness (QED) is 0.558. The summed E-state index contributed by atoms with van der Waals surface area (Å²) in [6, 6.07) is 0. The van der Waals surface area contributed by atoms with Crippen LogP contribution in [0.15, 0.2) is 0 Å². The molecule has 0 radical (unpaired) electrons. The van der Waals surface area contributed by atoms with Crippen LogP contribution >= 0.6 is 0 Å².